The van der Waals surface area contributed by atoms with Crippen LogP contribution in [0.4, 0.5) is 0 Å². The summed E-state index contributed by atoms with van der Waals surface area (Å²) in [5.41, 5.74) is 0. The molecule has 0 aromatic heterocycles. The first-order valence-corrected chi connectivity index (χ1v) is 6.79. The zero-order chi connectivity index (χ0) is 11.1. The van der Waals surface area contributed by atoms with Crippen molar-refractivity contribution in [3.63, 3.8) is 0 Å². The number of rotatable bonds is 7. The fourth-order valence-electron chi connectivity index (χ4n) is 2.88. The number of Topliss-reactive ketones (excluding diaryl/α,β-unsaturated/α-hetero) is 1. The summed E-state index contributed by atoms with van der Waals surface area (Å²) in [6, 6.07) is 0. The van der Waals surface area contributed by atoms with Gasteiger partial charge in [0.1, 0.15) is 5.78 Å². The second kappa shape index (κ2) is 7.03. The van der Waals surface area contributed by atoms with Gasteiger partial charge in [-0.25, -0.2) is 0 Å². The van der Waals surface area contributed by atoms with Gasteiger partial charge in [0.2, 0.25) is 0 Å². The number of hydrogen-bond donors (Lipinski definition) is 0. The standard InChI is InChI=1S/C14H26O/c1-3-5-6-7-9-13-11-14(15)10-12(13)8-4-2/h12-13H,3-11H2,1-2H3/t12-,13+/m0/s1. The Labute approximate surface area is 94.6 Å². The molecule has 0 bridgehead atoms. The number of unbranched alkanes of at least 4 members (excludes halogenated alkanes) is 3. The topological polar surface area (TPSA) is 17.1 Å². The molecule has 0 aliphatic heterocycles. The quantitative estimate of drug-likeness (QED) is 0.571. The fraction of sp³-hybridized carbons (Fsp3) is 0.929. The van der Waals surface area contributed by atoms with Crippen molar-refractivity contribution in [3.05, 3.63) is 0 Å². The maximum atomic E-state index is 11.4. The van der Waals surface area contributed by atoms with Gasteiger partial charge in [0.25, 0.3) is 0 Å². The predicted molar refractivity (Wildman–Crippen MR) is 64.9 cm³/mol. The van der Waals surface area contributed by atoms with Crippen molar-refractivity contribution in [2.24, 2.45) is 11.8 Å². The van der Waals surface area contributed by atoms with Crippen molar-refractivity contribution in [2.45, 2.75) is 71.6 Å². The van der Waals surface area contributed by atoms with E-state index < -0.39 is 0 Å². The first-order chi connectivity index (χ1) is 7.27. The summed E-state index contributed by atoms with van der Waals surface area (Å²) in [4.78, 5) is 11.4. The summed E-state index contributed by atoms with van der Waals surface area (Å²) in [5.74, 6) is 1.98. The van der Waals surface area contributed by atoms with Crippen molar-refractivity contribution < 1.29 is 4.79 Å². The van der Waals surface area contributed by atoms with Crippen LogP contribution in [0.3, 0.4) is 0 Å². The molecule has 0 saturated heterocycles. The molecule has 1 aliphatic carbocycles. The van der Waals surface area contributed by atoms with E-state index >= 15 is 0 Å². The van der Waals surface area contributed by atoms with Crippen LogP contribution in [-0.4, -0.2) is 5.78 Å². The molecule has 0 unspecified atom stereocenters. The van der Waals surface area contributed by atoms with E-state index in [1.165, 1.54) is 44.9 Å². The molecule has 1 aliphatic rings. The van der Waals surface area contributed by atoms with Crippen molar-refractivity contribution in [2.75, 3.05) is 0 Å². The van der Waals surface area contributed by atoms with Gasteiger partial charge in [-0.3, -0.25) is 4.79 Å². The molecule has 1 nitrogen and oxygen atoms in total. The lowest BCUT2D eigenvalue weighted by molar-refractivity contribution is -0.117. The van der Waals surface area contributed by atoms with Crippen LogP contribution >= 0.6 is 0 Å². The molecule has 88 valence electrons. The maximum Gasteiger partial charge on any atom is 0.133 e. The zero-order valence-corrected chi connectivity index (χ0v) is 10.4. The van der Waals surface area contributed by atoms with Gasteiger partial charge in [-0.1, -0.05) is 52.4 Å². The van der Waals surface area contributed by atoms with Gasteiger partial charge >= 0.3 is 0 Å². The molecule has 0 N–H and O–H groups in total. The molecular formula is C14H26O. The number of ketones is 1. The Morgan fingerprint density at radius 1 is 0.933 bits per heavy atom. The van der Waals surface area contributed by atoms with E-state index in [9.17, 15) is 4.79 Å². The summed E-state index contributed by atoms with van der Waals surface area (Å²) in [7, 11) is 0. The molecule has 0 radical (unpaired) electrons. The Hall–Kier alpha value is -0.330. The van der Waals surface area contributed by atoms with Crippen LogP contribution in [0.15, 0.2) is 0 Å². The lowest BCUT2D eigenvalue weighted by Gasteiger charge is -2.17. The van der Waals surface area contributed by atoms with E-state index in [1.54, 1.807) is 0 Å². The zero-order valence-electron chi connectivity index (χ0n) is 10.4. The van der Waals surface area contributed by atoms with Gasteiger partial charge in [0.05, 0.1) is 0 Å². The molecule has 0 spiro atoms. The highest BCUT2D eigenvalue weighted by Crippen LogP contribution is 2.36. The first kappa shape index (κ1) is 12.7. The molecule has 0 heterocycles. The van der Waals surface area contributed by atoms with Crippen LogP contribution in [0.5, 0.6) is 0 Å². The first-order valence-electron chi connectivity index (χ1n) is 6.79. The van der Waals surface area contributed by atoms with Crippen molar-refractivity contribution in [3.8, 4) is 0 Å². The van der Waals surface area contributed by atoms with E-state index in [2.05, 4.69) is 13.8 Å². The molecule has 0 amide bonds. The second-order valence-electron chi connectivity index (χ2n) is 5.11. The molecule has 1 saturated carbocycles. The van der Waals surface area contributed by atoms with Gasteiger partial charge in [0, 0.05) is 12.8 Å². The molecular weight excluding hydrogens is 184 g/mol. The van der Waals surface area contributed by atoms with Gasteiger partial charge in [0.15, 0.2) is 0 Å². The van der Waals surface area contributed by atoms with Crippen molar-refractivity contribution in [1.82, 2.24) is 0 Å². The number of carbonyl (C=O) groups excluding carboxylic acids is 1. The molecule has 1 fully saturated rings. The summed E-state index contributed by atoms with van der Waals surface area (Å²) in [6.07, 6.45) is 10.9. The molecule has 1 heteroatoms. The van der Waals surface area contributed by atoms with Crippen molar-refractivity contribution >= 4 is 5.78 Å². The van der Waals surface area contributed by atoms with Crippen LogP contribution in [-0.2, 0) is 4.79 Å². The Morgan fingerprint density at radius 3 is 2.20 bits per heavy atom. The lowest BCUT2D eigenvalue weighted by Crippen LogP contribution is -2.07. The van der Waals surface area contributed by atoms with Gasteiger partial charge in [-0.2, -0.15) is 0 Å². The van der Waals surface area contributed by atoms with Crippen LogP contribution in [0, 0.1) is 11.8 Å². The minimum Gasteiger partial charge on any atom is -0.300 e. The summed E-state index contributed by atoms with van der Waals surface area (Å²) in [6.45, 7) is 4.48. The molecule has 0 aromatic carbocycles. The van der Waals surface area contributed by atoms with E-state index in [0.717, 1.165) is 24.7 Å². The molecule has 15 heavy (non-hydrogen) atoms. The van der Waals surface area contributed by atoms with E-state index in [0.29, 0.717) is 5.78 Å². The predicted octanol–water partition coefficient (Wildman–Crippen LogP) is 4.35. The highest BCUT2D eigenvalue weighted by atomic mass is 16.1. The van der Waals surface area contributed by atoms with Gasteiger partial charge in [-0.15, -0.1) is 0 Å². The Kier molecular flexibility index (Phi) is 5.97. The summed E-state index contributed by atoms with van der Waals surface area (Å²) in [5, 5.41) is 0. The Balaban J connectivity index is 2.22. The minimum absolute atomic E-state index is 0.522. The van der Waals surface area contributed by atoms with Gasteiger partial charge < -0.3 is 0 Å². The third-order valence-electron chi connectivity index (χ3n) is 3.73. The average molecular weight is 210 g/mol. The normalized spacial score (nSPS) is 26.1. The third kappa shape index (κ3) is 4.36. The third-order valence-corrected chi connectivity index (χ3v) is 3.73. The maximum absolute atomic E-state index is 11.4. The van der Waals surface area contributed by atoms with Crippen molar-refractivity contribution in [1.29, 1.82) is 0 Å². The molecule has 1 rings (SSSR count). The van der Waals surface area contributed by atoms with Gasteiger partial charge in [-0.05, 0) is 18.3 Å². The smallest absolute Gasteiger partial charge is 0.133 e. The van der Waals surface area contributed by atoms with Crippen LogP contribution in [0.2, 0.25) is 0 Å². The Morgan fingerprint density at radius 2 is 1.60 bits per heavy atom. The number of hydrogen-bond acceptors (Lipinski definition) is 1. The largest absolute Gasteiger partial charge is 0.300 e. The number of carbonyl (C=O) groups is 1. The summed E-state index contributed by atoms with van der Waals surface area (Å²) < 4.78 is 0. The molecule has 0 aromatic rings. The highest BCUT2D eigenvalue weighted by Gasteiger charge is 2.31. The SMILES string of the molecule is CCCCCC[C@@H]1CC(=O)C[C@@H]1CCC. The van der Waals surface area contributed by atoms with Crippen LogP contribution in [0.25, 0.3) is 0 Å². The monoisotopic (exact) mass is 210 g/mol. The van der Waals surface area contributed by atoms with Crippen LogP contribution < -0.4 is 0 Å². The van der Waals surface area contributed by atoms with E-state index in [4.69, 9.17) is 0 Å². The fourth-order valence-corrected chi connectivity index (χ4v) is 2.88. The van der Waals surface area contributed by atoms with E-state index in [-0.39, 0.29) is 0 Å². The minimum atomic E-state index is 0.522. The summed E-state index contributed by atoms with van der Waals surface area (Å²) >= 11 is 0. The Bertz CT molecular complexity index is 186. The lowest BCUT2D eigenvalue weighted by atomic mass is 9.88. The molecule has 2 atom stereocenters. The second-order valence-corrected chi connectivity index (χ2v) is 5.11. The van der Waals surface area contributed by atoms with Crippen LogP contribution in [0.1, 0.15) is 71.6 Å². The van der Waals surface area contributed by atoms with E-state index in [1.807, 2.05) is 0 Å². The average Bonchev–Trinajstić information content (AvgIpc) is 2.55. The highest BCUT2D eigenvalue weighted by molar-refractivity contribution is 5.81.